The van der Waals surface area contributed by atoms with Crippen molar-refractivity contribution in [1.82, 2.24) is 4.90 Å². The van der Waals surface area contributed by atoms with Crippen molar-refractivity contribution in [3.63, 3.8) is 0 Å². The van der Waals surface area contributed by atoms with Crippen LogP contribution in [0.3, 0.4) is 0 Å². The second kappa shape index (κ2) is 8.13. The minimum absolute atomic E-state index is 0.00458. The van der Waals surface area contributed by atoms with Gasteiger partial charge in [0, 0.05) is 24.7 Å². The van der Waals surface area contributed by atoms with Gasteiger partial charge >= 0.3 is 0 Å². The highest BCUT2D eigenvalue weighted by molar-refractivity contribution is 5.92. The fraction of sp³-hybridized carbons (Fsp3) is 0.333. The molecule has 136 valence electrons. The zero-order valence-electron chi connectivity index (χ0n) is 14.9. The maximum atomic E-state index is 13.7. The first-order valence-corrected chi connectivity index (χ1v) is 8.91. The van der Waals surface area contributed by atoms with Crippen molar-refractivity contribution in [2.75, 3.05) is 18.4 Å². The van der Waals surface area contributed by atoms with Gasteiger partial charge < -0.3 is 10.2 Å². The van der Waals surface area contributed by atoms with Crippen molar-refractivity contribution in [3.05, 3.63) is 65.5 Å². The number of halogens is 1. The maximum Gasteiger partial charge on any atom is 0.227 e. The lowest BCUT2D eigenvalue weighted by molar-refractivity contribution is -0.133. The van der Waals surface area contributed by atoms with Gasteiger partial charge in [-0.05, 0) is 43.5 Å². The van der Waals surface area contributed by atoms with Gasteiger partial charge in [-0.2, -0.15) is 0 Å². The second-order valence-electron chi connectivity index (χ2n) is 6.78. The van der Waals surface area contributed by atoms with E-state index in [9.17, 15) is 14.0 Å². The number of piperidine rings is 1. The Morgan fingerprint density at radius 3 is 2.38 bits per heavy atom. The van der Waals surface area contributed by atoms with E-state index in [1.165, 1.54) is 6.07 Å². The molecule has 1 fully saturated rings. The number of anilines is 1. The van der Waals surface area contributed by atoms with E-state index in [2.05, 4.69) is 5.32 Å². The second-order valence-corrected chi connectivity index (χ2v) is 6.78. The molecule has 0 saturated carbocycles. The third kappa shape index (κ3) is 4.48. The molecular weight excluding hydrogens is 331 g/mol. The summed E-state index contributed by atoms with van der Waals surface area (Å²) in [7, 11) is 0. The van der Waals surface area contributed by atoms with Crippen molar-refractivity contribution in [1.29, 1.82) is 0 Å². The van der Waals surface area contributed by atoms with Crippen LogP contribution in [0, 0.1) is 18.7 Å². The smallest absolute Gasteiger partial charge is 0.227 e. The van der Waals surface area contributed by atoms with Crippen LogP contribution < -0.4 is 5.32 Å². The Kier molecular flexibility index (Phi) is 5.66. The van der Waals surface area contributed by atoms with Gasteiger partial charge in [0.2, 0.25) is 11.8 Å². The molecule has 2 amide bonds. The van der Waals surface area contributed by atoms with Crippen LogP contribution in [-0.4, -0.2) is 29.8 Å². The Balaban J connectivity index is 1.50. The number of carbonyl (C=O) groups excluding carboxylic acids is 2. The lowest BCUT2D eigenvalue weighted by Crippen LogP contribution is -2.42. The highest BCUT2D eigenvalue weighted by atomic mass is 19.1. The highest BCUT2D eigenvalue weighted by Crippen LogP contribution is 2.21. The van der Waals surface area contributed by atoms with E-state index in [4.69, 9.17) is 0 Å². The lowest BCUT2D eigenvalue weighted by atomic mass is 9.95. The molecule has 1 aliphatic rings. The molecule has 2 aromatic carbocycles. The zero-order valence-corrected chi connectivity index (χ0v) is 14.9. The number of likely N-dealkylation sites (tertiary alicyclic amines) is 1. The predicted molar refractivity (Wildman–Crippen MR) is 99.2 cm³/mol. The van der Waals surface area contributed by atoms with Gasteiger partial charge in [-0.25, -0.2) is 4.39 Å². The molecule has 1 saturated heterocycles. The number of aryl methyl sites for hydroxylation is 1. The molecule has 0 aliphatic carbocycles. The van der Waals surface area contributed by atoms with Gasteiger partial charge in [0.05, 0.1) is 6.42 Å². The van der Waals surface area contributed by atoms with E-state index in [1.807, 2.05) is 31.2 Å². The monoisotopic (exact) mass is 354 g/mol. The first-order chi connectivity index (χ1) is 12.5. The van der Waals surface area contributed by atoms with Crippen molar-refractivity contribution in [3.8, 4) is 0 Å². The largest absolute Gasteiger partial charge is 0.342 e. The summed E-state index contributed by atoms with van der Waals surface area (Å²) >= 11 is 0. The highest BCUT2D eigenvalue weighted by Gasteiger charge is 2.27. The summed E-state index contributed by atoms with van der Waals surface area (Å²) in [6.07, 6.45) is 1.31. The Hall–Kier alpha value is -2.69. The maximum absolute atomic E-state index is 13.7. The average molecular weight is 354 g/mol. The Morgan fingerprint density at radius 2 is 1.73 bits per heavy atom. The number of nitrogens with zero attached hydrogens (tertiary/aromatic N) is 1. The fourth-order valence-electron chi connectivity index (χ4n) is 3.19. The van der Waals surface area contributed by atoms with Crippen LogP contribution in [0.2, 0.25) is 0 Å². The van der Waals surface area contributed by atoms with Gasteiger partial charge in [-0.3, -0.25) is 9.59 Å². The quantitative estimate of drug-likeness (QED) is 0.913. The number of nitrogens with one attached hydrogen (secondary N) is 1. The summed E-state index contributed by atoms with van der Waals surface area (Å²) in [6, 6.07) is 14.0. The molecule has 0 bridgehead atoms. The van der Waals surface area contributed by atoms with E-state index in [1.54, 1.807) is 23.1 Å². The topological polar surface area (TPSA) is 49.4 Å². The molecule has 0 unspecified atom stereocenters. The van der Waals surface area contributed by atoms with Crippen LogP contribution in [0.1, 0.15) is 24.0 Å². The summed E-state index contributed by atoms with van der Waals surface area (Å²) in [4.78, 5) is 26.5. The molecule has 0 atom stereocenters. The van der Waals surface area contributed by atoms with Crippen molar-refractivity contribution in [2.45, 2.75) is 26.2 Å². The molecule has 5 heteroatoms. The van der Waals surface area contributed by atoms with E-state index in [0.717, 1.165) is 11.3 Å². The van der Waals surface area contributed by atoms with Crippen molar-refractivity contribution >= 4 is 17.5 Å². The number of rotatable bonds is 4. The van der Waals surface area contributed by atoms with Crippen LogP contribution in [0.25, 0.3) is 0 Å². The summed E-state index contributed by atoms with van der Waals surface area (Å²) in [5, 5.41) is 2.94. The Labute approximate surface area is 153 Å². The standard InChI is InChI=1S/C21H23FN2O2/c1-15-6-8-18(9-7-15)23-21(26)16-10-12-24(13-11-16)20(25)14-17-4-2-3-5-19(17)22/h2-9,16H,10-14H2,1H3,(H,23,26). The van der Waals surface area contributed by atoms with Crippen LogP contribution in [0.15, 0.2) is 48.5 Å². The minimum atomic E-state index is -0.354. The van der Waals surface area contributed by atoms with E-state index in [-0.39, 0.29) is 30.0 Å². The number of benzene rings is 2. The van der Waals surface area contributed by atoms with Gasteiger partial charge in [0.25, 0.3) is 0 Å². The number of carbonyl (C=O) groups is 2. The molecule has 1 heterocycles. The molecule has 4 nitrogen and oxygen atoms in total. The Morgan fingerprint density at radius 1 is 1.08 bits per heavy atom. The molecule has 1 N–H and O–H groups in total. The summed E-state index contributed by atoms with van der Waals surface area (Å²) in [5.41, 5.74) is 2.35. The number of amides is 2. The zero-order chi connectivity index (χ0) is 18.5. The Bertz CT molecular complexity index is 781. The van der Waals surface area contributed by atoms with Crippen LogP contribution >= 0.6 is 0 Å². The number of hydrogen-bond donors (Lipinski definition) is 1. The minimum Gasteiger partial charge on any atom is -0.342 e. The van der Waals surface area contributed by atoms with Gasteiger partial charge in [-0.1, -0.05) is 35.9 Å². The van der Waals surface area contributed by atoms with Gasteiger partial charge in [0.15, 0.2) is 0 Å². The van der Waals surface area contributed by atoms with Crippen molar-refractivity contribution < 1.29 is 14.0 Å². The van der Waals surface area contributed by atoms with Crippen LogP contribution in [0.5, 0.6) is 0 Å². The van der Waals surface area contributed by atoms with Crippen molar-refractivity contribution in [2.24, 2.45) is 5.92 Å². The third-order valence-electron chi connectivity index (χ3n) is 4.84. The van der Waals surface area contributed by atoms with Crippen LogP contribution in [0.4, 0.5) is 10.1 Å². The number of hydrogen-bond acceptors (Lipinski definition) is 2. The predicted octanol–water partition coefficient (Wildman–Crippen LogP) is 3.55. The van der Waals surface area contributed by atoms with Crippen LogP contribution in [-0.2, 0) is 16.0 Å². The third-order valence-corrected chi connectivity index (χ3v) is 4.84. The summed E-state index contributed by atoms with van der Waals surface area (Å²) < 4.78 is 13.7. The average Bonchev–Trinajstić information content (AvgIpc) is 2.65. The SMILES string of the molecule is Cc1ccc(NC(=O)C2CCN(C(=O)Cc3ccccc3F)CC2)cc1. The lowest BCUT2D eigenvalue weighted by Gasteiger charge is -2.31. The summed E-state index contributed by atoms with van der Waals surface area (Å²) in [6.45, 7) is 3.05. The normalized spacial score (nSPS) is 14.9. The molecule has 1 aliphatic heterocycles. The van der Waals surface area contributed by atoms with E-state index >= 15 is 0 Å². The molecule has 0 spiro atoms. The summed E-state index contributed by atoms with van der Waals surface area (Å²) in [5.74, 6) is -0.551. The van der Waals surface area contributed by atoms with Gasteiger partial charge in [-0.15, -0.1) is 0 Å². The fourth-order valence-corrected chi connectivity index (χ4v) is 3.19. The molecule has 2 aromatic rings. The van der Waals surface area contributed by atoms with E-state index < -0.39 is 0 Å². The first-order valence-electron chi connectivity index (χ1n) is 8.91. The first kappa shape index (κ1) is 18.1. The molecule has 0 aromatic heterocycles. The molecule has 0 radical (unpaired) electrons. The molecular formula is C21H23FN2O2. The van der Waals surface area contributed by atoms with E-state index in [0.29, 0.717) is 31.5 Å². The van der Waals surface area contributed by atoms with Gasteiger partial charge in [0.1, 0.15) is 5.82 Å². The molecule has 26 heavy (non-hydrogen) atoms. The molecule has 3 rings (SSSR count).